The summed E-state index contributed by atoms with van der Waals surface area (Å²) in [4.78, 5) is 23.5. The Bertz CT molecular complexity index is 695. The highest BCUT2D eigenvalue weighted by Gasteiger charge is 2.15. The minimum absolute atomic E-state index is 0.192. The van der Waals surface area contributed by atoms with Crippen LogP contribution in [0.25, 0.3) is 0 Å². The number of aliphatic hydroxyl groups is 1. The van der Waals surface area contributed by atoms with E-state index in [4.69, 9.17) is 11.6 Å². The van der Waals surface area contributed by atoms with Crippen LogP contribution < -0.4 is 10.9 Å². The Morgan fingerprint density at radius 3 is 2.52 bits per heavy atom. The third kappa shape index (κ3) is 3.71. The van der Waals surface area contributed by atoms with E-state index < -0.39 is 6.04 Å². The van der Waals surface area contributed by atoms with Crippen molar-refractivity contribution in [3.63, 3.8) is 0 Å². The molecule has 0 radical (unpaired) electrons. The van der Waals surface area contributed by atoms with Gasteiger partial charge in [0.2, 0.25) is 5.56 Å². The van der Waals surface area contributed by atoms with Crippen LogP contribution in [0.5, 0.6) is 0 Å². The van der Waals surface area contributed by atoms with Crippen molar-refractivity contribution in [2.24, 2.45) is 7.05 Å². The number of amides is 1. The number of pyridine rings is 1. The monoisotopic (exact) mass is 306 g/mol. The lowest BCUT2D eigenvalue weighted by molar-refractivity contribution is 0.0915. The number of hydrogen-bond acceptors (Lipinski definition) is 3. The number of aromatic nitrogens is 1. The third-order valence-corrected chi connectivity index (χ3v) is 3.36. The first-order valence-corrected chi connectivity index (χ1v) is 6.73. The fourth-order valence-electron chi connectivity index (χ4n) is 1.90. The van der Waals surface area contributed by atoms with E-state index in [1.807, 2.05) is 0 Å². The number of rotatable bonds is 4. The molecule has 2 rings (SSSR count). The Morgan fingerprint density at radius 1 is 1.29 bits per heavy atom. The van der Waals surface area contributed by atoms with Crippen LogP contribution in [0.4, 0.5) is 0 Å². The number of nitrogens with zero attached hydrogens (tertiary/aromatic N) is 1. The number of nitrogens with one attached hydrogen (secondary N) is 1. The molecule has 0 saturated heterocycles. The molecule has 0 bridgehead atoms. The van der Waals surface area contributed by atoms with Gasteiger partial charge in [0.05, 0.1) is 18.2 Å². The molecule has 0 aliphatic heterocycles. The van der Waals surface area contributed by atoms with Crippen LogP contribution in [0.1, 0.15) is 22.0 Å². The number of aliphatic hydroxyl groups excluding tert-OH is 1. The van der Waals surface area contributed by atoms with Crippen LogP contribution in [-0.4, -0.2) is 22.2 Å². The average Bonchev–Trinajstić information content (AvgIpc) is 2.48. The highest BCUT2D eigenvalue weighted by Crippen LogP contribution is 2.16. The van der Waals surface area contributed by atoms with E-state index in [1.165, 1.54) is 22.9 Å². The van der Waals surface area contributed by atoms with Crippen LogP contribution in [-0.2, 0) is 7.05 Å². The normalized spacial score (nSPS) is 12.0. The van der Waals surface area contributed by atoms with Gasteiger partial charge in [-0.25, -0.2) is 0 Å². The fraction of sp³-hybridized carbons (Fsp3) is 0.200. The van der Waals surface area contributed by atoms with Crippen molar-refractivity contribution in [2.75, 3.05) is 6.61 Å². The van der Waals surface area contributed by atoms with Gasteiger partial charge in [-0.2, -0.15) is 0 Å². The zero-order valence-corrected chi connectivity index (χ0v) is 12.2. The number of benzene rings is 1. The number of halogens is 1. The molecule has 0 aliphatic carbocycles. The van der Waals surface area contributed by atoms with Gasteiger partial charge in [0.15, 0.2) is 0 Å². The van der Waals surface area contributed by atoms with E-state index in [0.29, 0.717) is 10.6 Å². The second kappa shape index (κ2) is 6.56. The van der Waals surface area contributed by atoms with Gasteiger partial charge in [0.25, 0.3) is 5.91 Å². The maximum atomic E-state index is 12.2. The molecule has 1 amide bonds. The molecule has 2 aromatic rings. The first kappa shape index (κ1) is 15.3. The lowest BCUT2D eigenvalue weighted by Crippen LogP contribution is -2.31. The van der Waals surface area contributed by atoms with Crippen LogP contribution in [0, 0.1) is 0 Å². The molecule has 21 heavy (non-hydrogen) atoms. The Balaban J connectivity index is 2.17. The largest absolute Gasteiger partial charge is 0.394 e. The summed E-state index contributed by atoms with van der Waals surface area (Å²) in [7, 11) is 1.57. The zero-order valence-electron chi connectivity index (χ0n) is 11.4. The van der Waals surface area contributed by atoms with Crippen LogP contribution >= 0.6 is 11.6 Å². The predicted molar refractivity (Wildman–Crippen MR) is 80.4 cm³/mol. The SMILES string of the molecule is Cn1cc(C(=O)NC(CO)c2ccc(Cl)cc2)ccc1=O. The molecule has 6 heteroatoms. The van der Waals surface area contributed by atoms with Gasteiger partial charge in [-0.1, -0.05) is 23.7 Å². The lowest BCUT2D eigenvalue weighted by atomic mass is 10.1. The lowest BCUT2D eigenvalue weighted by Gasteiger charge is -2.17. The van der Waals surface area contributed by atoms with Crippen molar-refractivity contribution in [1.82, 2.24) is 9.88 Å². The standard InChI is InChI=1S/C15H15ClN2O3/c1-18-8-11(4-7-14(18)20)15(21)17-13(9-19)10-2-5-12(16)6-3-10/h2-8,13,19H,9H2,1H3,(H,17,21). The number of carbonyl (C=O) groups excluding carboxylic acids is 1. The highest BCUT2D eigenvalue weighted by atomic mass is 35.5. The van der Waals surface area contributed by atoms with Crippen LogP contribution in [0.3, 0.4) is 0 Å². The maximum Gasteiger partial charge on any atom is 0.253 e. The molecular formula is C15H15ClN2O3. The second-order valence-corrected chi connectivity index (χ2v) is 5.06. The van der Waals surface area contributed by atoms with Crippen molar-refractivity contribution in [2.45, 2.75) is 6.04 Å². The van der Waals surface area contributed by atoms with E-state index in [9.17, 15) is 14.7 Å². The summed E-state index contributed by atoms with van der Waals surface area (Å²) in [6.45, 7) is -0.237. The molecule has 5 nitrogen and oxygen atoms in total. The summed E-state index contributed by atoms with van der Waals surface area (Å²) in [6.07, 6.45) is 1.45. The second-order valence-electron chi connectivity index (χ2n) is 4.63. The quantitative estimate of drug-likeness (QED) is 0.899. The van der Waals surface area contributed by atoms with Gasteiger partial charge in [0, 0.05) is 24.3 Å². The first-order chi connectivity index (χ1) is 10.0. The van der Waals surface area contributed by atoms with Crippen molar-refractivity contribution in [1.29, 1.82) is 0 Å². The summed E-state index contributed by atoms with van der Waals surface area (Å²) in [6, 6.07) is 9.11. The molecule has 1 aromatic carbocycles. The summed E-state index contributed by atoms with van der Waals surface area (Å²) < 4.78 is 1.32. The molecule has 0 saturated carbocycles. The molecule has 1 aromatic heterocycles. The van der Waals surface area contributed by atoms with Gasteiger partial charge in [0.1, 0.15) is 0 Å². The van der Waals surface area contributed by atoms with Gasteiger partial charge in [-0.05, 0) is 23.8 Å². The first-order valence-electron chi connectivity index (χ1n) is 6.35. The average molecular weight is 307 g/mol. The molecule has 1 heterocycles. The van der Waals surface area contributed by atoms with Crippen LogP contribution in [0.15, 0.2) is 47.4 Å². The summed E-state index contributed by atoms with van der Waals surface area (Å²) >= 11 is 5.81. The van der Waals surface area contributed by atoms with Gasteiger partial charge >= 0.3 is 0 Å². The number of aryl methyl sites for hydroxylation is 1. The van der Waals surface area contributed by atoms with E-state index in [0.717, 1.165) is 5.56 Å². The summed E-state index contributed by atoms with van der Waals surface area (Å²) in [5.41, 5.74) is 0.910. The molecule has 110 valence electrons. The van der Waals surface area contributed by atoms with E-state index in [2.05, 4.69) is 5.32 Å². The summed E-state index contributed by atoms with van der Waals surface area (Å²) in [5.74, 6) is -0.361. The third-order valence-electron chi connectivity index (χ3n) is 3.11. The Hall–Kier alpha value is -2.11. The van der Waals surface area contributed by atoms with Crippen LogP contribution in [0.2, 0.25) is 5.02 Å². The van der Waals surface area contributed by atoms with Crippen molar-refractivity contribution in [3.05, 3.63) is 69.1 Å². The van der Waals surface area contributed by atoms with Crippen molar-refractivity contribution >= 4 is 17.5 Å². The van der Waals surface area contributed by atoms with Gasteiger partial charge in [-0.15, -0.1) is 0 Å². The smallest absolute Gasteiger partial charge is 0.253 e. The minimum Gasteiger partial charge on any atom is -0.394 e. The molecule has 1 atom stereocenters. The Morgan fingerprint density at radius 2 is 1.95 bits per heavy atom. The number of carbonyl (C=O) groups is 1. The molecular weight excluding hydrogens is 292 g/mol. The molecule has 0 aliphatic rings. The van der Waals surface area contributed by atoms with Gasteiger partial charge in [-0.3, -0.25) is 9.59 Å². The zero-order chi connectivity index (χ0) is 15.4. The van der Waals surface area contributed by atoms with Crippen molar-refractivity contribution in [3.8, 4) is 0 Å². The topological polar surface area (TPSA) is 71.3 Å². The van der Waals surface area contributed by atoms with E-state index in [-0.39, 0.29) is 18.1 Å². The maximum absolute atomic E-state index is 12.2. The van der Waals surface area contributed by atoms with E-state index in [1.54, 1.807) is 31.3 Å². The molecule has 0 spiro atoms. The fourth-order valence-corrected chi connectivity index (χ4v) is 2.03. The van der Waals surface area contributed by atoms with Gasteiger partial charge < -0.3 is 15.0 Å². The Labute approximate surface area is 126 Å². The van der Waals surface area contributed by atoms with E-state index >= 15 is 0 Å². The molecule has 2 N–H and O–H groups in total. The molecule has 0 fully saturated rings. The number of hydrogen-bond donors (Lipinski definition) is 2. The predicted octanol–water partition coefficient (Wildman–Crippen LogP) is 1.50. The molecule has 1 unspecified atom stereocenters. The summed E-state index contributed by atoms with van der Waals surface area (Å²) in [5, 5.41) is 12.7. The minimum atomic E-state index is -0.535. The van der Waals surface area contributed by atoms with Crippen molar-refractivity contribution < 1.29 is 9.90 Å². The Kier molecular flexibility index (Phi) is 4.77. The highest BCUT2D eigenvalue weighted by molar-refractivity contribution is 6.30.